The molecule has 0 unspecified atom stereocenters. The third-order valence-electron chi connectivity index (χ3n) is 3.29. The van der Waals surface area contributed by atoms with E-state index in [2.05, 4.69) is 4.98 Å². The molecule has 3 aromatic rings. The SMILES string of the molecule is CCn1cc(C(=O)O)c(=O)c2sc(-c3ccncc3)cc21. The molecule has 0 atom stereocenters. The highest BCUT2D eigenvalue weighted by atomic mass is 32.1. The van der Waals surface area contributed by atoms with E-state index in [0.717, 1.165) is 16.0 Å². The number of carbonyl (C=O) groups is 1. The molecule has 6 heteroatoms. The van der Waals surface area contributed by atoms with Crippen LogP contribution in [-0.2, 0) is 6.54 Å². The molecule has 0 bridgehead atoms. The van der Waals surface area contributed by atoms with Gasteiger partial charge in [0.2, 0.25) is 5.43 Å². The number of aryl methyl sites for hydroxylation is 1. The van der Waals surface area contributed by atoms with E-state index in [4.69, 9.17) is 5.11 Å². The third kappa shape index (κ3) is 2.23. The lowest BCUT2D eigenvalue weighted by Gasteiger charge is -2.05. The molecule has 0 aliphatic rings. The van der Waals surface area contributed by atoms with Crippen LogP contribution >= 0.6 is 11.3 Å². The predicted octanol–water partition coefficient (Wildman–Crippen LogP) is 2.84. The molecular weight excluding hydrogens is 288 g/mol. The fourth-order valence-electron chi connectivity index (χ4n) is 2.24. The largest absolute Gasteiger partial charge is 0.477 e. The van der Waals surface area contributed by atoms with Crippen molar-refractivity contribution in [3.8, 4) is 10.4 Å². The highest BCUT2D eigenvalue weighted by Gasteiger charge is 2.17. The van der Waals surface area contributed by atoms with Gasteiger partial charge in [-0.2, -0.15) is 0 Å². The number of aromatic carboxylic acids is 1. The van der Waals surface area contributed by atoms with E-state index in [-0.39, 0.29) is 5.56 Å². The van der Waals surface area contributed by atoms with Crippen molar-refractivity contribution in [3.63, 3.8) is 0 Å². The molecule has 3 rings (SSSR count). The lowest BCUT2D eigenvalue weighted by molar-refractivity contribution is 0.0695. The minimum Gasteiger partial charge on any atom is -0.477 e. The Bertz CT molecular complexity index is 881. The first kappa shape index (κ1) is 13.5. The van der Waals surface area contributed by atoms with Crippen LogP contribution in [0.25, 0.3) is 20.7 Å². The lowest BCUT2D eigenvalue weighted by atomic mass is 10.2. The summed E-state index contributed by atoms with van der Waals surface area (Å²) in [7, 11) is 0. The smallest absolute Gasteiger partial charge is 0.341 e. The molecule has 0 amide bonds. The van der Waals surface area contributed by atoms with Gasteiger partial charge in [-0.1, -0.05) is 0 Å². The molecule has 0 radical (unpaired) electrons. The summed E-state index contributed by atoms with van der Waals surface area (Å²) in [6.07, 6.45) is 4.79. The number of carboxylic acid groups (broad SMARTS) is 1. The van der Waals surface area contributed by atoms with Gasteiger partial charge in [0.1, 0.15) is 5.56 Å². The Balaban J connectivity index is 2.33. The number of fused-ring (bicyclic) bond motifs is 1. The summed E-state index contributed by atoms with van der Waals surface area (Å²) in [5.74, 6) is -1.19. The van der Waals surface area contributed by atoms with Crippen LogP contribution in [0, 0.1) is 0 Å². The summed E-state index contributed by atoms with van der Waals surface area (Å²) in [4.78, 5) is 28.4. The van der Waals surface area contributed by atoms with Crippen molar-refractivity contribution in [2.75, 3.05) is 0 Å². The molecule has 106 valence electrons. The number of hydrogen-bond donors (Lipinski definition) is 1. The van der Waals surface area contributed by atoms with Crippen molar-refractivity contribution in [2.24, 2.45) is 0 Å². The first-order valence-electron chi connectivity index (χ1n) is 6.42. The zero-order valence-corrected chi connectivity index (χ0v) is 12.1. The summed E-state index contributed by atoms with van der Waals surface area (Å²) < 4.78 is 2.27. The van der Waals surface area contributed by atoms with E-state index in [0.29, 0.717) is 11.2 Å². The number of aromatic nitrogens is 2. The molecule has 0 aliphatic carbocycles. The second kappa shape index (κ2) is 5.14. The third-order valence-corrected chi connectivity index (χ3v) is 4.47. The Kier molecular flexibility index (Phi) is 3.31. The van der Waals surface area contributed by atoms with Gasteiger partial charge in [0.25, 0.3) is 0 Å². The summed E-state index contributed by atoms with van der Waals surface area (Å²) in [5.41, 5.74) is 1.12. The van der Waals surface area contributed by atoms with E-state index in [1.54, 1.807) is 17.0 Å². The van der Waals surface area contributed by atoms with Crippen LogP contribution in [0.1, 0.15) is 17.3 Å². The molecule has 0 fully saturated rings. The van der Waals surface area contributed by atoms with E-state index in [1.165, 1.54) is 17.5 Å². The number of carboxylic acids is 1. The van der Waals surface area contributed by atoms with E-state index in [1.807, 2.05) is 25.1 Å². The maximum absolute atomic E-state index is 12.3. The fraction of sp³-hybridized carbons (Fsp3) is 0.133. The molecule has 0 aromatic carbocycles. The Morgan fingerprint density at radius 3 is 2.71 bits per heavy atom. The molecule has 3 aromatic heterocycles. The van der Waals surface area contributed by atoms with Crippen LogP contribution in [0.2, 0.25) is 0 Å². The number of hydrogen-bond acceptors (Lipinski definition) is 4. The van der Waals surface area contributed by atoms with E-state index >= 15 is 0 Å². The van der Waals surface area contributed by atoms with Gasteiger partial charge >= 0.3 is 5.97 Å². The van der Waals surface area contributed by atoms with Crippen molar-refractivity contribution in [3.05, 3.63) is 52.6 Å². The second-order valence-electron chi connectivity index (χ2n) is 4.52. The van der Waals surface area contributed by atoms with Crippen LogP contribution in [0.15, 0.2) is 41.6 Å². The predicted molar refractivity (Wildman–Crippen MR) is 81.9 cm³/mol. The van der Waals surface area contributed by atoms with Gasteiger partial charge in [-0.05, 0) is 30.7 Å². The topological polar surface area (TPSA) is 72.2 Å². The maximum atomic E-state index is 12.3. The number of thiophene rings is 1. The summed E-state index contributed by atoms with van der Waals surface area (Å²) >= 11 is 1.31. The molecule has 3 heterocycles. The van der Waals surface area contributed by atoms with Gasteiger partial charge < -0.3 is 9.67 Å². The van der Waals surface area contributed by atoms with Crippen LogP contribution < -0.4 is 5.43 Å². The maximum Gasteiger partial charge on any atom is 0.341 e. The number of nitrogens with zero attached hydrogens (tertiary/aromatic N) is 2. The molecular formula is C15H12N2O3S. The quantitative estimate of drug-likeness (QED) is 0.807. The average molecular weight is 300 g/mol. The average Bonchev–Trinajstić information content (AvgIpc) is 2.94. The number of rotatable bonds is 3. The Morgan fingerprint density at radius 1 is 1.38 bits per heavy atom. The molecule has 0 saturated carbocycles. The minimum atomic E-state index is -1.19. The highest BCUT2D eigenvalue weighted by Crippen LogP contribution is 2.31. The molecule has 5 nitrogen and oxygen atoms in total. The molecule has 0 spiro atoms. The first-order valence-corrected chi connectivity index (χ1v) is 7.24. The van der Waals surface area contributed by atoms with Gasteiger partial charge in [-0.25, -0.2) is 4.79 Å². The van der Waals surface area contributed by atoms with Crippen molar-refractivity contribution >= 4 is 27.5 Å². The van der Waals surface area contributed by atoms with Crippen LogP contribution in [-0.4, -0.2) is 20.6 Å². The van der Waals surface area contributed by atoms with E-state index < -0.39 is 11.4 Å². The zero-order valence-electron chi connectivity index (χ0n) is 11.2. The Hall–Kier alpha value is -2.47. The fourth-order valence-corrected chi connectivity index (χ4v) is 3.36. The van der Waals surface area contributed by atoms with Crippen molar-refractivity contribution in [1.29, 1.82) is 0 Å². The molecule has 0 aliphatic heterocycles. The Labute approximate surface area is 124 Å². The van der Waals surface area contributed by atoms with Gasteiger partial charge in [-0.15, -0.1) is 11.3 Å². The summed E-state index contributed by atoms with van der Waals surface area (Å²) in [6, 6.07) is 5.65. The molecule has 21 heavy (non-hydrogen) atoms. The lowest BCUT2D eigenvalue weighted by Crippen LogP contribution is -2.17. The second-order valence-corrected chi connectivity index (χ2v) is 5.58. The molecule has 0 saturated heterocycles. The minimum absolute atomic E-state index is 0.188. The summed E-state index contributed by atoms with van der Waals surface area (Å²) in [6.45, 7) is 2.52. The normalized spacial score (nSPS) is 10.9. The standard InChI is InChI=1S/C15H12N2O3S/c1-2-17-8-10(15(19)20)13(18)14-11(17)7-12(21-14)9-3-5-16-6-4-9/h3-8H,2H2,1H3,(H,19,20). The van der Waals surface area contributed by atoms with Crippen LogP contribution in [0.3, 0.4) is 0 Å². The van der Waals surface area contributed by atoms with E-state index in [9.17, 15) is 9.59 Å². The van der Waals surface area contributed by atoms with Crippen molar-refractivity contribution < 1.29 is 9.90 Å². The van der Waals surface area contributed by atoms with Crippen LogP contribution in [0.5, 0.6) is 0 Å². The van der Waals surface area contributed by atoms with Crippen LogP contribution in [0.4, 0.5) is 0 Å². The van der Waals surface area contributed by atoms with Crippen molar-refractivity contribution in [1.82, 2.24) is 9.55 Å². The zero-order chi connectivity index (χ0) is 15.0. The van der Waals surface area contributed by atoms with Gasteiger partial charge in [0, 0.05) is 30.0 Å². The monoisotopic (exact) mass is 300 g/mol. The number of pyridine rings is 2. The van der Waals surface area contributed by atoms with Gasteiger partial charge in [-0.3, -0.25) is 9.78 Å². The van der Waals surface area contributed by atoms with Crippen molar-refractivity contribution in [2.45, 2.75) is 13.5 Å². The highest BCUT2D eigenvalue weighted by molar-refractivity contribution is 7.22. The Morgan fingerprint density at radius 2 is 2.10 bits per heavy atom. The summed E-state index contributed by atoms with van der Waals surface area (Å²) in [5, 5.41) is 9.15. The van der Waals surface area contributed by atoms with Gasteiger partial charge in [0.15, 0.2) is 0 Å². The van der Waals surface area contributed by atoms with Gasteiger partial charge in [0.05, 0.1) is 10.2 Å². The molecule has 1 N–H and O–H groups in total. The first-order chi connectivity index (χ1) is 10.1.